The van der Waals surface area contributed by atoms with Crippen LogP contribution in [0.1, 0.15) is 136 Å². The summed E-state index contributed by atoms with van der Waals surface area (Å²) in [6.07, 6.45) is 11.3. The van der Waals surface area contributed by atoms with Crippen molar-refractivity contribution in [2.75, 3.05) is 19.8 Å². The summed E-state index contributed by atoms with van der Waals surface area (Å²) in [4.78, 5) is 15.8. The van der Waals surface area contributed by atoms with Gasteiger partial charge in [-0.05, 0) is 60.4 Å². The predicted octanol–water partition coefficient (Wildman–Crippen LogP) is 4.78. The number of carbonyl (C=O) groups is 1. The number of thiazole rings is 1. The van der Waals surface area contributed by atoms with Crippen LogP contribution in [0.2, 0.25) is 0 Å². The van der Waals surface area contributed by atoms with E-state index in [-0.39, 0.29) is 62.6 Å². The van der Waals surface area contributed by atoms with Crippen molar-refractivity contribution < 1.29 is 76.2 Å². The maximum absolute atomic E-state index is 12.7. The summed E-state index contributed by atoms with van der Waals surface area (Å²) < 4.78 is 10.8. The average Bonchev–Trinajstić information content (AvgIpc) is 3.44. The average molecular weight is 675 g/mol. The summed E-state index contributed by atoms with van der Waals surface area (Å²) in [5.41, 5.74) is 6.83. The molecule has 2 aliphatic rings. The molecule has 7 nitrogen and oxygen atoms in total. The molecule has 2 fully saturated rings. The zero-order chi connectivity index (χ0) is 32.4. The Hall–Kier alpha value is -0.0436. The molecular weight excluding hydrogens is 612 g/mol. The van der Waals surface area contributed by atoms with Crippen LogP contribution in [0.5, 0.6) is 0 Å². The third-order valence-corrected chi connectivity index (χ3v) is 8.99. The summed E-state index contributed by atoms with van der Waals surface area (Å²) in [6.45, 7) is 21.1. The summed E-state index contributed by atoms with van der Waals surface area (Å²) >= 11 is 1.71. The first kappa shape index (κ1) is 47.1. The van der Waals surface area contributed by atoms with E-state index in [1.807, 2.05) is 45.2 Å². The first-order valence-corrected chi connectivity index (χ1v) is 17.5. The van der Waals surface area contributed by atoms with Gasteiger partial charge < -0.3 is 30.6 Å². The van der Waals surface area contributed by atoms with Gasteiger partial charge in [0.2, 0.25) is 0 Å². The Labute approximate surface area is 321 Å². The largest absolute Gasteiger partial charge is 1.00 e. The SMILES string of the molecule is CC.CC(C)COCc1ccc(-c2cnc(C3CCCCC3)s2)c(C(C)(N)[O-])c1.CCC(C)C1COC1.CCCC(C)=O.O.[K+]. The zero-order valence-electron chi connectivity index (χ0n) is 30.2. The van der Waals surface area contributed by atoms with Crippen LogP contribution in [0.25, 0.3) is 10.4 Å². The zero-order valence-corrected chi connectivity index (χ0v) is 34.1. The van der Waals surface area contributed by atoms with Crippen LogP contribution < -0.4 is 62.2 Å². The minimum absolute atomic E-state index is 0. The molecule has 1 saturated carbocycles. The fourth-order valence-corrected chi connectivity index (χ4v) is 6.06. The second-order valence-corrected chi connectivity index (χ2v) is 13.5. The van der Waals surface area contributed by atoms with Gasteiger partial charge in [0.1, 0.15) is 5.78 Å². The molecule has 1 aliphatic carbocycles. The van der Waals surface area contributed by atoms with Gasteiger partial charge >= 0.3 is 51.4 Å². The van der Waals surface area contributed by atoms with Crippen LogP contribution in [0.3, 0.4) is 0 Å². The molecule has 1 saturated heterocycles. The molecule has 4 N–H and O–H groups in total. The third-order valence-electron chi connectivity index (χ3n) is 7.80. The van der Waals surface area contributed by atoms with Crippen molar-refractivity contribution in [1.82, 2.24) is 4.98 Å². The smallest absolute Gasteiger partial charge is 0.835 e. The standard InChI is InChI=1S/C22H31N2O2S.C7H14O.C5H10O.C2H6.K.H2O/c1-15(2)13-26-14-16-9-10-18(19(11-16)22(3,23)25)20-12-24-21(27-20)17-7-5-4-6-8-17;1-3-6(2)7-4-8-5-7;1-3-4-5(2)6;1-2;;/h9-12,15,17H,4-8,13-14,23H2,1-3H3;6-7H,3-5H2,1-2H3;3-4H2,1-2H3;1-2H3;;1H2/q-1;;;;+1;. The second kappa shape index (κ2) is 25.9. The Morgan fingerprint density at radius 1 is 1.16 bits per heavy atom. The Balaban J connectivity index is 0. The van der Waals surface area contributed by atoms with Crippen molar-refractivity contribution in [2.24, 2.45) is 23.5 Å². The van der Waals surface area contributed by atoms with Crippen molar-refractivity contribution in [3.63, 3.8) is 0 Å². The minimum Gasteiger partial charge on any atom is -0.835 e. The van der Waals surface area contributed by atoms with E-state index in [9.17, 15) is 9.90 Å². The Kier molecular flexibility index (Phi) is 27.1. The van der Waals surface area contributed by atoms with Crippen LogP contribution in [-0.2, 0) is 26.6 Å². The first-order valence-electron chi connectivity index (χ1n) is 16.7. The number of aromatic nitrogens is 1. The topological polar surface area (TPSA) is 129 Å². The quantitative estimate of drug-likeness (QED) is 0.270. The molecule has 0 radical (unpaired) electrons. The minimum atomic E-state index is -1.65. The van der Waals surface area contributed by atoms with Crippen molar-refractivity contribution in [3.8, 4) is 10.4 Å². The van der Waals surface area contributed by atoms with Gasteiger partial charge in [0.25, 0.3) is 0 Å². The van der Waals surface area contributed by atoms with E-state index in [0.717, 1.165) is 53.9 Å². The maximum Gasteiger partial charge on any atom is 1.00 e. The Bertz CT molecular complexity index is 1030. The van der Waals surface area contributed by atoms with Gasteiger partial charge in [0.15, 0.2) is 0 Å². The number of nitrogens with zero attached hydrogens (tertiary/aromatic N) is 1. The van der Waals surface area contributed by atoms with E-state index < -0.39 is 5.72 Å². The molecule has 2 heterocycles. The maximum atomic E-state index is 12.7. The number of Topliss-reactive ketones (excluding diaryl/α,β-unsaturated/α-hetero) is 1. The van der Waals surface area contributed by atoms with Gasteiger partial charge in [-0.2, -0.15) is 0 Å². The fraction of sp³-hybridized carbons (Fsp3) is 0.722. The molecule has 1 aromatic heterocycles. The molecule has 0 amide bonds. The molecule has 2 aromatic rings. The number of benzene rings is 1. The van der Waals surface area contributed by atoms with Gasteiger partial charge in [0, 0.05) is 31.1 Å². The molecule has 2 unspecified atom stereocenters. The number of carbonyl (C=O) groups excluding carboxylic acids is 1. The number of ketones is 1. The number of ether oxygens (including phenoxy) is 2. The van der Waals surface area contributed by atoms with Gasteiger partial charge in [0.05, 0.1) is 29.7 Å². The normalized spacial score (nSPS) is 16.4. The van der Waals surface area contributed by atoms with E-state index in [1.54, 1.807) is 18.3 Å². The van der Waals surface area contributed by atoms with Crippen LogP contribution in [0.15, 0.2) is 24.4 Å². The molecule has 254 valence electrons. The van der Waals surface area contributed by atoms with Gasteiger partial charge in [-0.25, -0.2) is 4.98 Å². The first-order chi connectivity index (χ1) is 20.5. The molecule has 0 spiro atoms. The summed E-state index contributed by atoms with van der Waals surface area (Å²) in [7, 11) is 0. The summed E-state index contributed by atoms with van der Waals surface area (Å²) in [5.74, 6) is 3.10. The number of nitrogens with two attached hydrogens (primary N) is 1. The number of hydrogen-bond acceptors (Lipinski definition) is 7. The van der Waals surface area contributed by atoms with Crippen LogP contribution in [-0.4, -0.2) is 36.1 Å². The second-order valence-electron chi connectivity index (χ2n) is 12.4. The van der Waals surface area contributed by atoms with Crippen molar-refractivity contribution in [3.05, 3.63) is 40.5 Å². The molecule has 9 heteroatoms. The van der Waals surface area contributed by atoms with E-state index in [0.29, 0.717) is 30.6 Å². The number of hydrogen-bond donors (Lipinski definition) is 1. The van der Waals surface area contributed by atoms with Crippen molar-refractivity contribution >= 4 is 17.1 Å². The van der Waals surface area contributed by atoms with Crippen LogP contribution in [0, 0.1) is 17.8 Å². The van der Waals surface area contributed by atoms with Crippen molar-refractivity contribution in [2.45, 2.75) is 132 Å². The van der Waals surface area contributed by atoms with E-state index in [2.05, 4.69) is 32.7 Å². The molecule has 4 rings (SSSR count). The van der Waals surface area contributed by atoms with E-state index in [4.69, 9.17) is 15.2 Å². The Morgan fingerprint density at radius 3 is 2.20 bits per heavy atom. The Morgan fingerprint density at radius 2 is 1.78 bits per heavy atom. The summed E-state index contributed by atoms with van der Waals surface area (Å²) in [6, 6.07) is 5.94. The van der Waals surface area contributed by atoms with Gasteiger partial charge in [-0.15, -0.1) is 11.3 Å². The number of rotatable bonds is 11. The van der Waals surface area contributed by atoms with Gasteiger partial charge in [-0.1, -0.05) is 99.3 Å². The molecule has 45 heavy (non-hydrogen) atoms. The predicted molar refractivity (Wildman–Crippen MR) is 184 cm³/mol. The van der Waals surface area contributed by atoms with E-state index >= 15 is 0 Å². The van der Waals surface area contributed by atoms with Crippen LogP contribution in [0.4, 0.5) is 0 Å². The molecule has 1 aromatic carbocycles. The van der Waals surface area contributed by atoms with Crippen molar-refractivity contribution in [1.29, 1.82) is 0 Å². The molecule has 0 bridgehead atoms. The molecule has 1 aliphatic heterocycles. The van der Waals surface area contributed by atoms with Gasteiger partial charge in [-0.3, -0.25) is 0 Å². The summed E-state index contributed by atoms with van der Waals surface area (Å²) in [5, 5.41) is 13.9. The fourth-order valence-electron chi connectivity index (χ4n) is 4.94. The van der Waals surface area contributed by atoms with E-state index in [1.165, 1.54) is 50.5 Å². The third kappa shape index (κ3) is 18.3. The monoisotopic (exact) mass is 674 g/mol. The molecular formula is C36H63KN2O5S. The molecule has 2 atom stereocenters. The van der Waals surface area contributed by atoms with Crippen LogP contribution >= 0.6 is 11.3 Å².